The van der Waals surface area contributed by atoms with Crippen LogP contribution in [0.15, 0.2) is 67.0 Å². The minimum absolute atomic E-state index is 0.0996. The number of benzene rings is 2. The van der Waals surface area contributed by atoms with Crippen molar-refractivity contribution >= 4 is 0 Å². The Morgan fingerprint density at radius 1 is 1.10 bits per heavy atom. The minimum Gasteiger partial charge on any atom is -0.328 e. The predicted octanol–water partition coefficient (Wildman–Crippen LogP) is 3.41. The molecule has 0 spiro atoms. The third-order valence-corrected chi connectivity index (χ3v) is 3.69. The lowest BCUT2D eigenvalue weighted by molar-refractivity contribution is 0.600. The number of nitrogens with zero attached hydrogens (tertiary/aromatic N) is 2. The van der Waals surface area contributed by atoms with E-state index in [0.717, 1.165) is 11.4 Å². The van der Waals surface area contributed by atoms with Crippen LogP contribution in [0.2, 0.25) is 0 Å². The van der Waals surface area contributed by atoms with E-state index in [1.165, 1.54) is 11.1 Å². The summed E-state index contributed by atoms with van der Waals surface area (Å²) in [4.78, 5) is 4.51. The van der Waals surface area contributed by atoms with Crippen molar-refractivity contribution in [1.29, 1.82) is 0 Å². The molecule has 1 heterocycles. The second-order valence-electron chi connectivity index (χ2n) is 5.19. The third-order valence-electron chi connectivity index (χ3n) is 3.69. The van der Waals surface area contributed by atoms with Crippen molar-refractivity contribution in [2.45, 2.75) is 13.0 Å². The van der Waals surface area contributed by atoms with Crippen molar-refractivity contribution in [3.8, 4) is 11.4 Å². The van der Waals surface area contributed by atoms with E-state index in [2.05, 4.69) is 52.9 Å². The Hall–Kier alpha value is -2.39. The van der Waals surface area contributed by atoms with Crippen LogP contribution in [0.1, 0.15) is 17.2 Å². The highest BCUT2D eigenvalue weighted by molar-refractivity contribution is 5.55. The van der Waals surface area contributed by atoms with Gasteiger partial charge in [0.15, 0.2) is 0 Å². The predicted molar refractivity (Wildman–Crippen MR) is 86.0 cm³/mol. The number of nitrogens with two attached hydrogens (primary N) is 1. The van der Waals surface area contributed by atoms with Gasteiger partial charge < -0.3 is 10.3 Å². The summed E-state index contributed by atoms with van der Waals surface area (Å²) in [6.07, 6.45) is 3.84. The average Bonchev–Trinajstić information content (AvgIpc) is 2.98. The Labute approximate surface area is 125 Å². The first-order valence-electron chi connectivity index (χ1n) is 7.14. The highest BCUT2D eigenvalue weighted by Gasteiger charge is 2.16. The summed E-state index contributed by atoms with van der Waals surface area (Å²) in [7, 11) is 0. The third kappa shape index (κ3) is 2.73. The van der Waals surface area contributed by atoms with E-state index in [1.54, 1.807) is 0 Å². The van der Waals surface area contributed by atoms with E-state index in [4.69, 9.17) is 5.73 Å². The SMILES string of the molecule is Cc1cccc(C(CN)n2ccnc2-c2ccccc2)c1. The standard InChI is InChI=1S/C18H19N3/c1-14-6-5-9-16(12-14)17(13-19)21-11-10-20-18(21)15-7-3-2-4-8-15/h2-12,17H,13,19H2,1H3. The van der Waals surface area contributed by atoms with Crippen LogP contribution in [0, 0.1) is 6.92 Å². The van der Waals surface area contributed by atoms with Crippen molar-refractivity contribution in [3.63, 3.8) is 0 Å². The summed E-state index contributed by atoms with van der Waals surface area (Å²) >= 11 is 0. The first kappa shape index (κ1) is 13.6. The normalized spacial score (nSPS) is 12.3. The monoisotopic (exact) mass is 277 g/mol. The lowest BCUT2D eigenvalue weighted by Crippen LogP contribution is -2.20. The molecule has 0 aliphatic heterocycles. The Bertz CT molecular complexity index is 716. The van der Waals surface area contributed by atoms with Gasteiger partial charge >= 0.3 is 0 Å². The summed E-state index contributed by atoms with van der Waals surface area (Å²) in [5.74, 6) is 0.951. The van der Waals surface area contributed by atoms with E-state index in [1.807, 2.05) is 30.6 Å². The summed E-state index contributed by atoms with van der Waals surface area (Å²) in [5, 5.41) is 0. The molecule has 1 unspecified atom stereocenters. The van der Waals surface area contributed by atoms with E-state index in [0.29, 0.717) is 6.54 Å². The summed E-state index contributed by atoms with van der Waals surface area (Å²) in [6, 6.07) is 18.8. The first-order valence-corrected chi connectivity index (χ1v) is 7.14. The van der Waals surface area contributed by atoms with Crippen LogP contribution < -0.4 is 5.73 Å². The van der Waals surface area contributed by atoms with Crippen molar-refractivity contribution < 1.29 is 0 Å². The first-order chi connectivity index (χ1) is 10.3. The van der Waals surface area contributed by atoms with Crippen LogP contribution >= 0.6 is 0 Å². The zero-order chi connectivity index (χ0) is 14.7. The smallest absolute Gasteiger partial charge is 0.140 e. The lowest BCUT2D eigenvalue weighted by atomic mass is 10.0. The second kappa shape index (κ2) is 5.94. The molecule has 3 nitrogen and oxygen atoms in total. The van der Waals surface area contributed by atoms with E-state index in [9.17, 15) is 0 Å². The maximum absolute atomic E-state index is 6.04. The van der Waals surface area contributed by atoms with Gasteiger partial charge in [-0.15, -0.1) is 0 Å². The Kier molecular flexibility index (Phi) is 3.84. The molecule has 0 fully saturated rings. The molecular formula is C18H19N3. The van der Waals surface area contributed by atoms with Gasteiger partial charge in [0.1, 0.15) is 5.82 Å². The molecule has 0 aliphatic carbocycles. The van der Waals surface area contributed by atoms with E-state index < -0.39 is 0 Å². The fourth-order valence-corrected chi connectivity index (χ4v) is 2.66. The van der Waals surface area contributed by atoms with Crippen LogP contribution in [0.25, 0.3) is 11.4 Å². The number of hydrogen-bond acceptors (Lipinski definition) is 2. The van der Waals surface area contributed by atoms with Gasteiger partial charge in [-0.2, -0.15) is 0 Å². The van der Waals surface area contributed by atoms with Gasteiger partial charge in [-0.1, -0.05) is 60.2 Å². The molecule has 3 rings (SSSR count). The van der Waals surface area contributed by atoms with Crippen molar-refractivity contribution in [2.24, 2.45) is 5.73 Å². The second-order valence-corrected chi connectivity index (χ2v) is 5.19. The topological polar surface area (TPSA) is 43.8 Å². The summed E-state index contributed by atoms with van der Waals surface area (Å²) in [5.41, 5.74) is 9.61. The van der Waals surface area contributed by atoms with Crippen LogP contribution in [0.4, 0.5) is 0 Å². The molecule has 0 aliphatic rings. The maximum Gasteiger partial charge on any atom is 0.140 e. The van der Waals surface area contributed by atoms with Gasteiger partial charge in [-0.05, 0) is 12.5 Å². The number of aryl methyl sites for hydroxylation is 1. The molecule has 106 valence electrons. The van der Waals surface area contributed by atoms with Crippen LogP contribution in [-0.4, -0.2) is 16.1 Å². The van der Waals surface area contributed by atoms with E-state index >= 15 is 0 Å². The molecule has 3 aromatic rings. The number of aromatic nitrogens is 2. The van der Waals surface area contributed by atoms with Gasteiger partial charge in [0.05, 0.1) is 6.04 Å². The largest absolute Gasteiger partial charge is 0.328 e. The molecule has 1 atom stereocenters. The number of rotatable bonds is 4. The molecular weight excluding hydrogens is 258 g/mol. The van der Waals surface area contributed by atoms with Crippen LogP contribution in [0.5, 0.6) is 0 Å². The average molecular weight is 277 g/mol. The Morgan fingerprint density at radius 2 is 1.90 bits per heavy atom. The molecule has 1 aromatic heterocycles. The van der Waals surface area contributed by atoms with Gasteiger partial charge in [0.25, 0.3) is 0 Å². The number of imidazole rings is 1. The van der Waals surface area contributed by atoms with Gasteiger partial charge in [-0.3, -0.25) is 0 Å². The summed E-state index contributed by atoms with van der Waals surface area (Å²) < 4.78 is 2.16. The van der Waals surface area contributed by atoms with Crippen LogP contribution in [-0.2, 0) is 0 Å². The van der Waals surface area contributed by atoms with Crippen molar-refractivity contribution in [3.05, 3.63) is 78.1 Å². The van der Waals surface area contributed by atoms with Crippen LogP contribution in [0.3, 0.4) is 0 Å². The molecule has 0 radical (unpaired) electrons. The quantitative estimate of drug-likeness (QED) is 0.794. The van der Waals surface area contributed by atoms with Gasteiger partial charge in [0.2, 0.25) is 0 Å². The highest BCUT2D eigenvalue weighted by atomic mass is 15.1. The highest BCUT2D eigenvalue weighted by Crippen LogP contribution is 2.25. The Balaban J connectivity index is 2.05. The molecule has 2 aromatic carbocycles. The van der Waals surface area contributed by atoms with Crippen molar-refractivity contribution in [1.82, 2.24) is 9.55 Å². The lowest BCUT2D eigenvalue weighted by Gasteiger charge is -2.20. The van der Waals surface area contributed by atoms with Gasteiger partial charge in [0, 0.05) is 24.5 Å². The molecule has 0 saturated carbocycles. The molecule has 2 N–H and O–H groups in total. The summed E-state index contributed by atoms with van der Waals surface area (Å²) in [6.45, 7) is 2.64. The maximum atomic E-state index is 6.04. The molecule has 0 amide bonds. The van der Waals surface area contributed by atoms with E-state index in [-0.39, 0.29) is 6.04 Å². The fraction of sp³-hybridized carbons (Fsp3) is 0.167. The minimum atomic E-state index is 0.0996. The zero-order valence-corrected chi connectivity index (χ0v) is 12.1. The van der Waals surface area contributed by atoms with Gasteiger partial charge in [-0.25, -0.2) is 4.98 Å². The Morgan fingerprint density at radius 3 is 2.62 bits per heavy atom. The fourth-order valence-electron chi connectivity index (χ4n) is 2.66. The molecule has 0 bridgehead atoms. The zero-order valence-electron chi connectivity index (χ0n) is 12.1. The number of hydrogen-bond donors (Lipinski definition) is 1. The van der Waals surface area contributed by atoms with Crippen molar-refractivity contribution in [2.75, 3.05) is 6.54 Å². The molecule has 21 heavy (non-hydrogen) atoms. The molecule has 0 saturated heterocycles. The molecule has 3 heteroatoms.